The molecule has 1 aliphatic rings. The van der Waals surface area contributed by atoms with Crippen LogP contribution in [0.15, 0.2) is 22.7 Å². The lowest BCUT2D eigenvalue weighted by Gasteiger charge is -2.41. The zero-order valence-corrected chi connectivity index (χ0v) is 15.2. The molecule has 2 rings (SSSR count). The maximum atomic E-state index is 5.43. The average molecular weight is 355 g/mol. The highest BCUT2D eigenvalue weighted by Gasteiger charge is 2.26. The van der Waals surface area contributed by atoms with Crippen LogP contribution in [0.3, 0.4) is 0 Å². The third kappa shape index (κ3) is 4.70. The predicted molar refractivity (Wildman–Crippen MR) is 91.9 cm³/mol. The minimum atomic E-state index is 0.290. The Kier molecular flexibility index (Phi) is 5.69. The van der Waals surface area contributed by atoms with Crippen molar-refractivity contribution in [2.75, 3.05) is 20.2 Å². The third-order valence-electron chi connectivity index (χ3n) is 4.27. The fourth-order valence-corrected chi connectivity index (χ4v) is 3.30. The highest BCUT2D eigenvalue weighted by Crippen LogP contribution is 2.24. The average Bonchev–Trinajstić information content (AvgIpc) is 2.45. The van der Waals surface area contributed by atoms with Crippen LogP contribution < -0.4 is 10.1 Å². The van der Waals surface area contributed by atoms with Crippen molar-refractivity contribution in [1.29, 1.82) is 0 Å². The first-order valence-electron chi connectivity index (χ1n) is 7.71. The van der Waals surface area contributed by atoms with Crippen LogP contribution in [0, 0.1) is 0 Å². The summed E-state index contributed by atoms with van der Waals surface area (Å²) in [5, 5.41) is 3.68. The van der Waals surface area contributed by atoms with Crippen LogP contribution in [0.1, 0.15) is 39.2 Å². The molecule has 0 saturated carbocycles. The van der Waals surface area contributed by atoms with Gasteiger partial charge in [0, 0.05) is 41.3 Å². The van der Waals surface area contributed by atoms with E-state index in [0.29, 0.717) is 11.6 Å². The van der Waals surface area contributed by atoms with Crippen molar-refractivity contribution in [2.24, 2.45) is 0 Å². The molecule has 1 aromatic rings. The van der Waals surface area contributed by atoms with Crippen LogP contribution in [-0.2, 0) is 6.54 Å². The van der Waals surface area contributed by atoms with Crippen molar-refractivity contribution in [2.45, 2.75) is 51.7 Å². The van der Waals surface area contributed by atoms with E-state index in [2.05, 4.69) is 53.0 Å². The molecule has 0 unspecified atom stereocenters. The van der Waals surface area contributed by atoms with E-state index in [0.717, 1.165) is 16.8 Å². The van der Waals surface area contributed by atoms with E-state index in [9.17, 15) is 0 Å². The Labute approximate surface area is 137 Å². The monoisotopic (exact) mass is 354 g/mol. The standard InChI is InChI=1S/C17H27BrN2O/c1-17(2,3)20-9-7-15(8-10-20)19-12-13-11-14(18)5-6-16(13)21-4/h5-6,11,15,19H,7-10,12H2,1-4H3. The highest BCUT2D eigenvalue weighted by molar-refractivity contribution is 9.10. The van der Waals surface area contributed by atoms with Crippen molar-refractivity contribution in [3.8, 4) is 5.75 Å². The molecular formula is C17H27BrN2O. The molecule has 0 atom stereocenters. The Morgan fingerprint density at radius 2 is 1.95 bits per heavy atom. The van der Waals surface area contributed by atoms with Crippen LogP contribution in [0.2, 0.25) is 0 Å². The number of ether oxygens (including phenoxy) is 1. The summed E-state index contributed by atoms with van der Waals surface area (Å²) in [5.74, 6) is 0.956. The summed E-state index contributed by atoms with van der Waals surface area (Å²) in [6, 6.07) is 6.77. The second kappa shape index (κ2) is 7.12. The first-order chi connectivity index (χ1) is 9.90. The van der Waals surface area contributed by atoms with Gasteiger partial charge in [-0.2, -0.15) is 0 Å². The predicted octanol–water partition coefficient (Wildman–Crippen LogP) is 3.81. The van der Waals surface area contributed by atoms with E-state index in [1.54, 1.807) is 7.11 Å². The molecule has 0 amide bonds. The molecule has 1 aromatic carbocycles. The van der Waals surface area contributed by atoms with Gasteiger partial charge in [-0.25, -0.2) is 0 Å². The molecule has 3 nitrogen and oxygen atoms in total. The Balaban J connectivity index is 1.86. The van der Waals surface area contributed by atoms with Gasteiger partial charge in [-0.1, -0.05) is 15.9 Å². The molecular weight excluding hydrogens is 328 g/mol. The van der Waals surface area contributed by atoms with Gasteiger partial charge in [0.05, 0.1) is 7.11 Å². The summed E-state index contributed by atoms with van der Waals surface area (Å²) >= 11 is 3.53. The summed E-state index contributed by atoms with van der Waals surface area (Å²) in [6.45, 7) is 10.1. The van der Waals surface area contributed by atoms with Crippen molar-refractivity contribution in [1.82, 2.24) is 10.2 Å². The van der Waals surface area contributed by atoms with Crippen LogP contribution in [0.25, 0.3) is 0 Å². The quantitative estimate of drug-likeness (QED) is 0.889. The van der Waals surface area contributed by atoms with Gasteiger partial charge in [0.2, 0.25) is 0 Å². The Morgan fingerprint density at radius 3 is 2.52 bits per heavy atom. The topological polar surface area (TPSA) is 24.5 Å². The van der Waals surface area contributed by atoms with Crippen molar-refractivity contribution >= 4 is 15.9 Å². The van der Waals surface area contributed by atoms with E-state index in [1.807, 2.05) is 12.1 Å². The van der Waals surface area contributed by atoms with E-state index in [4.69, 9.17) is 4.74 Å². The molecule has 1 heterocycles. The Bertz CT molecular complexity index is 462. The number of rotatable bonds is 4. The summed E-state index contributed by atoms with van der Waals surface area (Å²) in [5.41, 5.74) is 1.50. The lowest BCUT2D eigenvalue weighted by atomic mass is 9.98. The molecule has 21 heavy (non-hydrogen) atoms. The summed E-state index contributed by atoms with van der Waals surface area (Å²) < 4.78 is 6.53. The second-order valence-corrected chi connectivity index (χ2v) is 7.68. The fraction of sp³-hybridized carbons (Fsp3) is 0.647. The van der Waals surface area contributed by atoms with Gasteiger partial charge in [-0.05, 0) is 51.8 Å². The summed E-state index contributed by atoms with van der Waals surface area (Å²) in [7, 11) is 1.73. The van der Waals surface area contributed by atoms with Crippen LogP contribution >= 0.6 is 15.9 Å². The molecule has 1 saturated heterocycles. The fourth-order valence-electron chi connectivity index (χ4n) is 2.89. The number of halogens is 1. The van der Waals surface area contributed by atoms with Crippen molar-refractivity contribution in [3.05, 3.63) is 28.2 Å². The molecule has 0 bridgehead atoms. The Morgan fingerprint density at radius 1 is 1.29 bits per heavy atom. The molecule has 0 aliphatic carbocycles. The van der Waals surface area contributed by atoms with Crippen molar-refractivity contribution in [3.63, 3.8) is 0 Å². The highest BCUT2D eigenvalue weighted by atomic mass is 79.9. The van der Waals surface area contributed by atoms with Crippen molar-refractivity contribution < 1.29 is 4.74 Å². The molecule has 0 spiro atoms. The number of hydrogen-bond donors (Lipinski definition) is 1. The third-order valence-corrected chi connectivity index (χ3v) is 4.76. The molecule has 1 fully saturated rings. The largest absolute Gasteiger partial charge is 0.496 e. The van der Waals surface area contributed by atoms with Crippen LogP contribution in [0.4, 0.5) is 0 Å². The lowest BCUT2D eigenvalue weighted by Crippen LogP contribution is -2.49. The molecule has 1 aliphatic heterocycles. The first kappa shape index (κ1) is 16.8. The van der Waals surface area contributed by atoms with Gasteiger partial charge in [-0.3, -0.25) is 4.90 Å². The van der Waals surface area contributed by atoms with E-state index < -0.39 is 0 Å². The van der Waals surface area contributed by atoms with E-state index >= 15 is 0 Å². The minimum absolute atomic E-state index is 0.290. The first-order valence-corrected chi connectivity index (χ1v) is 8.50. The molecule has 4 heteroatoms. The van der Waals surface area contributed by atoms with Gasteiger partial charge in [-0.15, -0.1) is 0 Å². The summed E-state index contributed by atoms with van der Waals surface area (Å²) in [4.78, 5) is 2.57. The maximum absolute atomic E-state index is 5.43. The smallest absolute Gasteiger partial charge is 0.123 e. The van der Waals surface area contributed by atoms with Gasteiger partial charge in [0.25, 0.3) is 0 Å². The zero-order chi connectivity index (χ0) is 15.5. The number of nitrogens with zero attached hydrogens (tertiary/aromatic N) is 1. The molecule has 1 N–H and O–H groups in total. The SMILES string of the molecule is COc1ccc(Br)cc1CNC1CCN(C(C)(C)C)CC1. The number of benzene rings is 1. The number of nitrogens with one attached hydrogen (secondary N) is 1. The Hall–Kier alpha value is -0.580. The number of likely N-dealkylation sites (tertiary alicyclic amines) is 1. The number of methoxy groups -OCH3 is 1. The number of piperidine rings is 1. The van der Waals surface area contributed by atoms with E-state index in [-0.39, 0.29) is 0 Å². The minimum Gasteiger partial charge on any atom is -0.496 e. The van der Waals surface area contributed by atoms with Gasteiger partial charge in [0.1, 0.15) is 5.75 Å². The normalized spacial score (nSPS) is 18.0. The lowest BCUT2D eigenvalue weighted by molar-refractivity contribution is 0.0960. The van der Waals surface area contributed by atoms with Gasteiger partial charge in [0.15, 0.2) is 0 Å². The summed E-state index contributed by atoms with van der Waals surface area (Å²) in [6.07, 6.45) is 2.43. The van der Waals surface area contributed by atoms with E-state index in [1.165, 1.54) is 31.5 Å². The second-order valence-electron chi connectivity index (χ2n) is 6.77. The zero-order valence-electron chi connectivity index (χ0n) is 13.6. The van der Waals surface area contributed by atoms with Gasteiger partial charge < -0.3 is 10.1 Å². The van der Waals surface area contributed by atoms with Gasteiger partial charge >= 0.3 is 0 Å². The van der Waals surface area contributed by atoms with Crippen LogP contribution in [0.5, 0.6) is 5.75 Å². The molecule has 0 radical (unpaired) electrons. The molecule has 0 aromatic heterocycles. The maximum Gasteiger partial charge on any atom is 0.123 e. The van der Waals surface area contributed by atoms with Crippen LogP contribution in [-0.4, -0.2) is 36.7 Å². The molecule has 118 valence electrons. The number of hydrogen-bond acceptors (Lipinski definition) is 3.